The van der Waals surface area contributed by atoms with Crippen molar-refractivity contribution in [3.63, 3.8) is 0 Å². The van der Waals surface area contributed by atoms with E-state index in [1.807, 2.05) is 0 Å². The third-order valence-electron chi connectivity index (χ3n) is 5.05. The molecule has 0 radical (unpaired) electrons. The average Bonchev–Trinajstić information content (AvgIpc) is 2.73. The molecule has 2 aromatic carbocycles. The predicted octanol–water partition coefficient (Wildman–Crippen LogP) is 3.35. The Morgan fingerprint density at radius 3 is 2.48 bits per heavy atom. The lowest BCUT2D eigenvalue weighted by Gasteiger charge is -2.34. The van der Waals surface area contributed by atoms with E-state index in [2.05, 4.69) is 25.8 Å². The zero-order chi connectivity index (χ0) is 20.6. The smallest absolute Gasteiger partial charge is 0.243 e. The number of hydrogen-bond donors (Lipinski definition) is 1. The molecule has 6 nitrogen and oxygen atoms in total. The van der Waals surface area contributed by atoms with E-state index in [9.17, 15) is 17.9 Å². The molecule has 3 aromatic rings. The summed E-state index contributed by atoms with van der Waals surface area (Å²) in [4.78, 5) is 6.40. The van der Waals surface area contributed by atoms with Crippen molar-refractivity contribution in [2.45, 2.75) is 11.4 Å². The van der Waals surface area contributed by atoms with Crippen molar-refractivity contribution in [1.82, 2.24) is 14.2 Å². The van der Waals surface area contributed by atoms with Crippen LogP contribution < -0.4 is 0 Å². The standard InChI is InChI=1S/C20H19BrFN3O3S/c21-17-12-18(16-2-1-7-23-19(16)20(17)26)29(27,28)25-10-8-24(9-11-25)13-14-3-5-15(22)6-4-14/h1-7,12,26H,8-11,13H2. The second-order valence-corrected chi connectivity index (χ2v) is 9.67. The first-order valence-corrected chi connectivity index (χ1v) is 11.3. The molecule has 0 saturated carbocycles. The van der Waals surface area contributed by atoms with Crippen LogP contribution in [0.2, 0.25) is 0 Å². The average molecular weight is 480 g/mol. The molecular formula is C20H19BrFN3O3S. The first kappa shape index (κ1) is 20.2. The summed E-state index contributed by atoms with van der Waals surface area (Å²) in [5, 5.41) is 10.6. The highest BCUT2D eigenvalue weighted by molar-refractivity contribution is 9.10. The van der Waals surface area contributed by atoms with Gasteiger partial charge in [0.1, 0.15) is 11.3 Å². The third kappa shape index (κ3) is 4.00. The van der Waals surface area contributed by atoms with E-state index in [0.29, 0.717) is 38.1 Å². The number of phenols is 1. The molecule has 0 bridgehead atoms. The zero-order valence-corrected chi connectivity index (χ0v) is 17.8. The van der Waals surface area contributed by atoms with E-state index in [0.717, 1.165) is 5.56 Å². The van der Waals surface area contributed by atoms with Crippen molar-refractivity contribution in [2.24, 2.45) is 0 Å². The SMILES string of the molecule is O=S(=O)(c1cc(Br)c(O)c2ncccc12)N1CCN(Cc2ccc(F)cc2)CC1. The molecule has 0 atom stereocenters. The largest absolute Gasteiger partial charge is 0.505 e. The fourth-order valence-corrected chi connectivity index (χ4v) is 5.70. The number of piperazine rings is 1. The molecule has 1 fully saturated rings. The molecule has 4 rings (SSSR count). The van der Waals surface area contributed by atoms with Crippen LogP contribution in [0.4, 0.5) is 4.39 Å². The molecule has 0 aliphatic carbocycles. The van der Waals surface area contributed by atoms with Crippen LogP contribution in [0.15, 0.2) is 58.0 Å². The molecular weight excluding hydrogens is 461 g/mol. The normalized spacial score (nSPS) is 16.3. The molecule has 9 heteroatoms. The number of phenolic OH excluding ortho intramolecular Hbond substituents is 1. The molecule has 1 aliphatic rings. The first-order valence-electron chi connectivity index (χ1n) is 9.09. The van der Waals surface area contributed by atoms with Crippen molar-refractivity contribution in [3.8, 4) is 5.75 Å². The summed E-state index contributed by atoms with van der Waals surface area (Å²) in [6.45, 7) is 2.50. The van der Waals surface area contributed by atoms with Gasteiger partial charge in [-0.1, -0.05) is 12.1 Å². The van der Waals surface area contributed by atoms with Gasteiger partial charge in [0, 0.05) is 44.3 Å². The summed E-state index contributed by atoms with van der Waals surface area (Å²) in [7, 11) is -3.75. The Labute approximate surface area is 176 Å². The highest BCUT2D eigenvalue weighted by Crippen LogP contribution is 2.37. The van der Waals surface area contributed by atoms with Crippen LogP contribution >= 0.6 is 15.9 Å². The molecule has 0 amide bonds. The fraction of sp³-hybridized carbons (Fsp3) is 0.250. The minimum absolute atomic E-state index is 0.0799. The molecule has 29 heavy (non-hydrogen) atoms. The topological polar surface area (TPSA) is 73.7 Å². The summed E-state index contributed by atoms with van der Waals surface area (Å²) in [5.41, 5.74) is 1.23. The number of nitrogens with zero attached hydrogens (tertiary/aromatic N) is 3. The van der Waals surface area contributed by atoms with Crippen LogP contribution in [0.5, 0.6) is 5.75 Å². The molecule has 2 heterocycles. The van der Waals surface area contributed by atoms with E-state index in [1.54, 1.807) is 24.3 Å². The van der Waals surface area contributed by atoms with Gasteiger partial charge in [-0.05, 0) is 51.8 Å². The molecule has 1 saturated heterocycles. The van der Waals surface area contributed by atoms with Crippen LogP contribution in [0.25, 0.3) is 10.9 Å². The monoisotopic (exact) mass is 479 g/mol. The Morgan fingerprint density at radius 2 is 1.79 bits per heavy atom. The number of fused-ring (bicyclic) bond motifs is 1. The van der Waals surface area contributed by atoms with Crippen molar-refractivity contribution >= 4 is 36.9 Å². The maximum absolute atomic E-state index is 13.3. The van der Waals surface area contributed by atoms with Crippen LogP contribution in [0, 0.1) is 5.82 Å². The van der Waals surface area contributed by atoms with Crippen molar-refractivity contribution in [3.05, 3.63) is 64.5 Å². The number of rotatable bonds is 4. The number of sulfonamides is 1. The lowest BCUT2D eigenvalue weighted by molar-refractivity contribution is 0.181. The maximum Gasteiger partial charge on any atom is 0.243 e. The Bertz CT molecular complexity index is 1150. The van der Waals surface area contributed by atoms with Gasteiger partial charge in [-0.15, -0.1) is 0 Å². The number of aromatic hydroxyl groups is 1. The highest BCUT2D eigenvalue weighted by atomic mass is 79.9. The van der Waals surface area contributed by atoms with Crippen LogP contribution in [0.3, 0.4) is 0 Å². The third-order valence-corrected chi connectivity index (χ3v) is 7.59. The second kappa shape index (κ2) is 7.98. The van der Waals surface area contributed by atoms with Gasteiger partial charge in [0.25, 0.3) is 0 Å². The Morgan fingerprint density at radius 1 is 1.10 bits per heavy atom. The first-order chi connectivity index (χ1) is 13.9. The Hall–Kier alpha value is -2.07. The number of halogens is 2. The van der Waals surface area contributed by atoms with Gasteiger partial charge in [0.15, 0.2) is 5.75 Å². The Balaban J connectivity index is 1.55. The Kier molecular flexibility index (Phi) is 5.56. The van der Waals surface area contributed by atoms with E-state index in [-0.39, 0.29) is 26.5 Å². The zero-order valence-electron chi connectivity index (χ0n) is 15.4. The molecule has 1 aliphatic heterocycles. The van der Waals surface area contributed by atoms with Gasteiger partial charge in [-0.3, -0.25) is 9.88 Å². The fourth-order valence-electron chi connectivity index (χ4n) is 3.50. The van der Waals surface area contributed by atoms with Gasteiger partial charge >= 0.3 is 0 Å². The van der Waals surface area contributed by atoms with Gasteiger partial charge in [0.05, 0.1) is 9.37 Å². The molecule has 1 aromatic heterocycles. The number of aromatic nitrogens is 1. The number of hydrogen-bond acceptors (Lipinski definition) is 5. The highest BCUT2D eigenvalue weighted by Gasteiger charge is 2.31. The lowest BCUT2D eigenvalue weighted by Crippen LogP contribution is -2.48. The van der Waals surface area contributed by atoms with Crippen LogP contribution in [0.1, 0.15) is 5.56 Å². The summed E-state index contributed by atoms with van der Waals surface area (Å²) in [6.07, 6.45) is 1.51. The van der Waals surface area contributed by atoms with E-state index < -0.39 is 10.0 Å². The van der Waals surface area contributed by atoms with Gasteiger partial charge in [-0.25, -0.2) is 12.8 Å². The number of pyridine rings is 1. The summed E-state index contributed by atoms with van der Waals surface area (Å²) >= 11 is 3.23. The summed E-state index contributed by atoms with van der Waals surface area (Å²) in [5.74, 6) is -0.352. The van der Waals surface area contributed by atoms with Crippen molar-refractivity contribution < 1.29 is 17.9 Å². The predicted molar refractivity (Wildman–Crippen MR) is 112 cm³/mol. The van der Waals surface area contributed by atoms with Crippen molar-refractivity contribution in [1.29, 1.82) is 0 Å². The minimum Gasteiger partial charge on any atom is -0.505 e. The van der Waals surface area contributed by atoms with Crippen LogP contribution in [-0.2, 0) is 16.6 Å². The van der Waals surface area contributed by atoms with Crippen LogP contribution in [-0.4, -0.2) is 53.9 Å². The lowest BCUT2D eigenvalue weighted by atomic mass is 10.2. The van der Waals surface area contributed by atoms with E-state index in [1.165, 1.54) is 28.7 Å². The maximum atomic E-state index is 13.3. The molecule has 1 N–H and O–H groups in total. The quantitative estimate of drug-likeness (QED) is 0.620. The molecule has 152 valence electrons. The summed E-state index contributed by atoms with van der Waals surface area (Å²) in [6, 6.07) is 11.1. The van der Waals surface area contributed by atoms with E-state index >= 15 is 0 Å². The number of benzene rings is 2. The van der Waals surface area contributed by atoms with Gasteiger partial charge < -0.3 is 5.11 Å². The minimum atomic E-state index is -3.75. The van der Waals surface area contributed by atoms with E-state index in [4.69, 9.17) is 0 Å². The summed E-state index contributed by atoms with van der Waals surface area (Å²) < 4.78 is 41.4. The molecule has 0 unspecified atom stereocenters. The van der Waals surface area contributed by atoms with Gasteiger partial charge in [0.2, 0.25) is 10.0 Å². The molecule has 0 spiro atoms. The second-order valence-electron chi connectivity index (χ2n) is 6.91. The van der Waals surface area contributed by atoms with Gasteiger partial charge in [-0.2, -0.15) is 4.31 Å². The van der Waals surface area contributed by atoms with Crippen molar-refractivity contribution in [2.75, 3.05) is 26.2 Å².